The number of hydrogen-bond acceptors (Lipinski definition) is 3. The normalized spacial score (nSPS) is 9.50. The van der Waals surface area contributed by atoms with Crippen molar-refractivity contribution in [1.82, 2.24) is 0 Å². The molecule has 0 aliphatic heterocycles. The van der Waals surface area contributed by atoms with Crippen LogP contribution in [0.4, 0.5) is 5.69 Å². The van der Waals surface area contributed by atoms with E-state index in [1.807, 2.05) is 6.07 Å². The second kappa shape index (κ2) is 5.65. The van der Waals surface area contributed by atoms with Gasteiger partial charge in [-0.05, 0) is 12.1 Å². The summed E-state index contributed by atoms with van der Waals surface area (Å²) in [5.74, 6) is -1.39. The Hall–Kier alpha value is -2.17. The van der Waals surface area contributed by atoms with E-state index in [0.717, 1.165) is 5.01 Å². The number of carboxylic acid groups (broad SMARTS) is 1. The number of para-hydroxylation sites is 1. The van der Waals surface area contributed by atoms with Gasteiger partial charge in [-0.1, -0.05) is 18.2 Å². The third-order valence-corrected chi connectivity index (χ3v) is 1.93. The minimum Gasteiger partial charge on any atom is -0.481 e. The summed E-state index contributed by atoms with van der Waals surface area (Å²) in [6.45, 7) is 3.29. The highest BCUT2D eigenvalue weighted by molar-refractivity contribution is 5.94. The van der Waals surface area contributed by atoms with Gasteiger partial charge in [-0.2, -0.15) is 5.10 Å². The van der Waals surface area contributed by atoms with E-state index < -0.39 is 5.97 Å². The Bertz CT molecular complexity index is 389. The molecule has 0 aliphatic carbocycles. The van der Waals surface area contributed by atoms with Crippen molar-refractivity contribution in [2.45, 2.75) is 12.8 Å². The first kappa shape index (κ1) is 11.9. The van der Waals surface area contributed by atoms with Crippen LogP contribution in [0.3, 0.4) is 0 Å². The molecule has 1 amide bonds. The molecular formula is C11H12N2O3. The molecule has 0 spiro atoms. The van der Waals surface area contributed by atoms with E-state index in [9.17, 15) is 9.59 Å². The molecule has 0 unspecified atom stereocenters. The number of nitrogens with zero attached hydrogens (tertiary/aromatic N) is 2. The van der Waals surface area contributed by atoms with E-state index in [4.69, 9.17) is 5.11 Å². The van der Waals surface area contributed by atoms with Crippen LogP contribution >= 0.6 is 0 Å². The largest absolute Gasteiger partial charge is 0.481 e. The van der Waals surface area contributed by atoms with Gasteiger partial charge in [-0.15, -0.1) is 0 Å². The molecule has 0 saturated heterocycles. The topological polar surface area (TPSA) is 70.0 Å². The third kappa shape index (κ3) is 3.20. The highest BCUT2D eigenvalue weighted by Gasteiger charge is 2.14. The van der Waals surface area contributed by atoms with Crippen LogP contribution in [0.2, 0.25) is 0 Å². The molecule has 84 valence electrons. The number of rotatable bonds is 5. The third-order valence-electron chi connectivity index (χ3n) is 1.93. The van der Waals surface area contributed by atoms with Gasteiger partial charge in [-0.25, -0.2) is 5.01 Å². The van der Waals surface area contributed by atoms with Crippen LogP contribution < -0.4 is 5.01 Å². The van der Waals surface area contributed by atoms with Gasteiger partial charge in [0.15, 0.2) is 0 Å². The average Bonchev–Trinajstić information content (AvgIpc) is 2.29. The molecule has 0 atom stereocenters. The van der Waals surface area contributed by atoms with Crippen LogP contribution in [0.5, 0.6) is 0 Å². The Balaban J connectivity index is 2.71. The second-order valence-corrected chi connectivity index (χ2v) is 3.08. The van der Waals surface area contributed by atoms with Gasteiger partial charge in [0.2, 0.25) is 5.91 Å². The van der Waals surface area contributed by atoms with Crippen LogP contribution in [-0.4, -0.2) is 23.7 Å². The smallest absolute Gasteiger partial charge is 0.303 e. The summed E-state index contributed by atoms with van der Waals surface area (Å²) in [5.41, 5.74) is 0.577. The first-order valence-corrected chi connectivity index (χ1v) is 4.71. The minimum absolute atomic E-state index is 0.0940. The fourth-order valence-corrected chi connectivity index (χ4v) is 1.19. The lowest BCUT2D eigenvalue weighted by atomic mass is 10.2. The highest BCUT2D eigenvalue weighted by atomic mass is 16.4. The maximum absolute atomic E-state index is 11.6. The molecule has 1 N–H and O–H groups in total. The predicted molar refractivity (Wildman–Crippen MR) is 60.3 cm³/mol. The van der Waals surface area contributed by atoms with Crippen molar-refractivity contribution in [3.05, 3.63) is 30.3 Å². The number of hydrazone groups is 1. The first-order chi connectivity index (χ1) is 7.65. The standard InChI is InChI=1S/C11H12N2O3/c1-12-13(9-5-3-2-4-6-9)10(14)7-8-11(15)16/h2-6H,1,7-8H2,(H,15,16). The fourth-order valence-electron chi connectivity index (χ4n) is 1.19. The number of aliphatic carboxylic acids is 1. The van der Waals surface area contributed by atoms with Crippen molar-refractivity contribution in [2.75, 3.05) is 5.01 Å². The number of hydrogen-bond donors (Lipinski definition) is 1. The second-order valence-electron chi connectivity index (χ2n) is 3.08. The minimum atomic E-state index is -1.01. The summed E-state index contributed by atoms with van der Waals surface area (Å²) in [7, 11) is 0. The van der Waals surface area contributed by atoms with E-state index >= 15 is 0 Å². The maximum atomic E-state index is 11.6. The molecule has 0 heterocycles. The molecule has 16 heavy (non-hydrogen) atoms. The van der Waals surface area contributed by atoms with Gasteiger partial charge >= 0.3 is 5.97 Å². The lowest BCUT2D eigenvalue weighted by Gasteiger charge is -2.15. The van der Waals surface area contributed by atoms with Crippen LogP contribution in [0.25, 0.3) is 0 Å². The Morgan fingerprint density at radius 1 is 1.25 bits per heavy atom. The van der Waals surface area contributed by atoms with Gasteiger partial charge in [0.05, 0.1) is 12.1 Å². The zero-order valence-electron chi connectivity index (χ0n) is 8.67. The lowest BCUT2D eigenvalue weighted by Crippen LogP contribution is -2.25. The Labute approximate surface area is 93.0 Å². The van der Waals surface area contributed by atoms with Gasteiger partial charge in [0.1, 0.15) is 0 Å². The van der Waals surface area contributed by atoms with Crippen LogP contribution in [0.15, 0.2) is 35.4 Å². The molecular weight excluding hydrogens is 208 g/mol. The lowest BCUT2D eigenvalue weighted by molar-refractivity contribution is -0.138. The van der Waals surface area contributed by atoms with Crippen molar-refractivity contribution in [3.63, 3.8) is 0 Å². The quantitative estimate of drug-likeness (QED) is 0.603. The molecule has 5 heteroatoms. The summed E-state index contributed by atoms with van der Waals surface area (Å²) in [5, 5.41) is 13.1. The number of carboxylic acids is 1. The predicted octanol–water partition coefficient (Wildman–Crippen LogP) is 1.50. The molecule has 0 aromatic heterocycles. The maximum Gasteiger partial charge on any atom is 0.303 e. The van der Waals surface area contributed by atoms with Gasteiger partial charge < -0.3 is 5.11 Å². The summed E-state index contributed by atoms with van der Waals surface area (Å²) in [6.07, 6.45) is -0.305. The first-order valence-electron chi connectivity index (χ1n) is 4.71. The molecule has 0 fully saturated rings. The van der Waals surface area contributed by atoms with E-state index in [1.54, 1.807) is 24.3 Å². The molecule has 0 bridgehead atoms. The summed E-state index contributed by atoms with van der Waals surface area (Å²) in [6, 6.07) is 8.74. The zero-order chi connectivity index (χ0) is 12.0. The van der Waals surface area contributed by atoms with Gasteiger partial charge in [0.25, 0.3) is 0 Å². The highest BCUT2D eigenvalue weighted by Crippen LogP contribution is 2.14. The number of anilines is 1. The molecule has 0 radical (unpaired) electrons. The molecule has 5 nitrogen and oxygen atoms in total. The van der Waals surface area contributed by atoms with E-state index in [0.29, 0.717) is 5.69 Å². The average molecular weight is 220 g/mol. The summed E-state index contributed by atoms with van der Waals surface area (Å²) in [4.78, 5) is 21.9. The zero-order valence-corrected chi connectivity index (χ0v) is 8.67. The van der Waals surface area contributed by atoms with Crippen molar-refractivity contribution < 1.29 is 14.7 Å². The van der Waals surface area contributed by atoms with Gasteiger partial charge in [0, 0.05) is 13.1 Å². The summed E-state index contributed by atoms with van der Waals surface area (Å²) >= 11 is 0. The summed E-state index contributed by atoms with van der Waals surface area (Å²) < 4.78 is 0. The van der Waals surface area contributed by atoms with E-state index in [-0.39, 0.29) is 18.7 Å². The monoisotopic (exact) mass is 220 g/mol. The molecule has 1 rings (SSSR count). The van der Waals surface area contributed by atoms with Gasteiger partial charge in [-0.3, -0.25) is 9.59 Å². The van der Waals surface area contributed by atoms with E-state index in [2.05, 4.69) is 11.8 Å². The molecule has 1 aromatic carbocycles. The van der Waals surface area contributed by atoms with Crippen molar-refractivity contribution in [1.29, 1.82) is 0 Å². The fraction of sp³-hybridized carbons (Fsp3) is 0.182. The Morgan fingerprint density at radius 2 is 1.88 bits per heavy atom. The SMILES string of the molecule is C=NN(C(=O)CCC(=O)O)c1ccccc1. The number of benzene rings is 1. The van der Waals surface area contributed by atoms with Crippen LogP contribution in [0, 0.1) is 0 Å². The molecule has 1 aromatic rings. The Morgan fingerprint density at radius 3 is 2.38 bits per heavy atom. The number of carbonyl (C=O) groups excluding carboxylic acids is 1. The number of amides is 1. The van der Waals surface area contributed by atoms with Crippen molar-refractivity contribution in [3.8, 4) is 0 Å². The van der Waals surface area contributed by atoms with E-state index in [1.165, 1.54) is 0 Å². The van der Waals surface area contributed by atoms with Crippen molar-refractivity contribution in [2.24, 2.45) is 5.10 Å². The molecule has 0 aliphatic rings. The Kier molecular flexibility index (Phi) is 4.20. The van der Waals surface area contributed by atoms with Crippen LogP contribution in [-0.2, 0) is 9.59 Å². The van der Waals surface area contributed by atoms with Crippen molar-refractivity contribution >= 4 is 24.3 Å². The molecule has 0 saturated carbocycles. The number of carbonyl (C=O) groups is 2. The van der Waals surface area contributed by atoms with Crippen LogP contribution in [0.1, 0.15) is 12.8 Å².